The SMILES string of the molecule is O=C(C[C@@H](O)c1ccc(Br)cc1)c1ccccc1. The Balaban J connectivity index is 2.06. The number of aliphatic hydroxyl groups is 1. The molecule has 2 aromatic carbocycles. The Labute approximate surface area is 114 Å². The molecule has 0 amide bonds. The molecule has 2 aromatic rings. The molecule has 0 fully saturated rings. The van der Waals surface area contributed by atoms with Crippen LogP contribution in [0.5, 0.6) is 0 Å². The van der Waals surface area contributed by atoms with Crippen molar-refractivity contribution in [3.63, 3.8) is 0 Å². The monoisotopic (exact) mass is 304 g/mol. The highest BCUT2D eigenvalue weighted by Gasteiger charge is 2.14. The van der Waals surface area contributed by atoms with Crippen LogP contribution in [0, 0.1) is 0 Å². The van der Waals surface area contributed by atoms with Gasteiger partial charge in [-0.3, -0.25) is 4.79 Å². The third kappa shape index (κ3) is 3.28. The number of ketones is 1. The lowest BCUT2D eigenvalue weighted by Gasteiger charge is -2.10. The first-order chi connectivity index (χ1) is 8.66. The number of Topliss-reactive ketones (excluding diaryl/α,β-unsaturated/α-hetero) is 1. The smallest absolute Gasteiger partial charge is 0.165 e. The predicted molar refractivity (Wildman–Crippen MR) is 74.5 cm³/mol. The molecule has 0 aliphatic heterocycles. The van der Waals surface area contributed by atoms with Gasteiger partial charge in [0.2, 0.25) is 0 Å². The van der Waals surface area contributed by atoms with Gasteiger partial charge in [0.25, 0.3) is 0 Å². The highest BCUT2D eigenvalue weighted by Crippen LogP contribution is 2.21. The first-order valence-corrected chi connectivity index (χ1v) is 6.48. The maximum absolute atomic E-state index is 11.9. The van der Waals surface area contributed by atoms with Gasteiger partial charge in [-0.05, 0) is 17.7 Å². The Morgan fingerprint density at radius 3 is 2.28 bits per heavy atom. The second-order valence-electron chi connectivity index (χ2n) is 4.06. The van der Waals surface area contributed by atoms with E-state index in [1.165, 1.54) is 0 Å². The van der Waals surface area contributed by atoms with Gasteiger partial charge in [0.15, 0.2) is 5.78 Å². The predicted octanol–water partition coefficient (Wildman–Crippen LogP) is 3.76. The second-order valence-corrected chi connectivity index (χ2v) is 4.98. The minimum absolute atomic E-state index is 0.0500. The first kappa shape index (κ1) is 13.0. The summed E-state index contributed by atoms with van der Waals surface area (Å²) in [6.45, 7) is 0. The summed E-state index contributed by atoms with van der Waals surface area (Å²) in [5.74, 6) is -0.0500. The Bertz CT molecular complexity index is 520. The van der Waals surface area contributed by atoms with E-state index in [0.717, 1.165) is 10.0 Å². The molecule has 2 rings (SSSR count). The fourth-order valence-electron chi connectivity index (χ4n) is 1.72. The molecule has 92 valence electrons. The third-order valence-electron chi connectivity index (χ3n) is 2.73. The van der Waals surface area contributed by atoms with Crippen LogP contribution in [-0.4, -0.2) is 10.9 Å². The normalized spacial score (nSPS) is 12.1. The fourth-order valence-corrected chi connectivity index (χ4v) is 1.98. The summed E-state index contributed by atoms with van der Waals surface area (Å²) in [4.78, 5) is 11.9. The number of halogens is 1. The molecule has 0 saturated heterocycles. The molecule has 0 radical (unpaired) electrons. The van der Waals surface area contributed by atoms with E-state index in [-0.39, 0.29) is 12.2 Å². The van der Waals surface area contributed by atoms with Gasteiger partial charge in [0.1, 0.15) is 0 Å². The maximum Gasteiger partial charge on any atom is 0.165 e. The molecule has 0 unspecified atom stereocenters. The van der Waals surface area contributed by atoms with Crippen LogP contribution in [0.25, 0.3) is 0 Å². The molecule has 18 heavy (non-hydrogen) atoms. The number of rotatable bonds is 4. The molecule has 0 heterocycles. The van der Waals surface area contributed by atoms with E-state index in [2.05, 4.69) is 15.9 Å². The zero-order chi connectivity index (χ0) is 13.0. The first-order valence-electron chi connectivity index (χ1n) is 5.68. The van der Waals surface area contributed by atoms with E-state index in [1.54, 1.807) is 12.1 Å². The van der Waals surface area contributed by atoms with Crippen LogP contribution in [-0.2, 0) is 0 Å². The Morgan fingerprint density at radius 1 is 1.06 bits per heavy atom. The van der Waals surface area contributed by atoms with Gasteiger partial charge in [-0.2, -0.15) is 0 Å². The van der Waals surface area contributed by atoms with Crippen LogP contribution in [0.3, 0.4) is 0 Å². The number of carbonyl (C=O) groups is 1. The van der Waals surface area contributed by atoms with Crippen molar-refractivity contribution < 1.29 is 9.90 Å². The summed E-state index contributed by atoms with van der Waals surface area (Å²) in [5.41, 5.74) is 1.39. The lowest BCUT2D eigenvalue weighted by molar-refractivity contribution is 0.0880. The molecule has 1 N–H and O–H groups in total. The Kier molecular flexibility index (Phi) is 4.28. The van der Waals surface area contributed by atoms with Crippen LogP contribution in [0.1, 0.15) is 28.4 Å². The third-order valence-corrected chi connectivity index (χ3v) is 3.26. The van der Waals surface area contributed by atoms with Crippen LogP contribution < -0.4 is 0 Å². The van der Waals surface area contributed by atoms with E-state index in [9.17, 15) is 9.90 Å². The molecule has 3 heteroatoms. The van der Waals surface area contributed by atoms with Gasteiger partial charge in [-0.1, -0.05) is 58.4 Å². The lowest BCUT2D eigenvalue weighted by Crippen LogP contribution is -2.06. The quantitative estimate of drug-likeness (QED) is 0.873. The number of hydrogen-bond acceptors (Lipinski definition) is 2. The van der Waals surface area contributed by atoms with Crippen molar-refractivity contribution in [1.82, 2.24) is 0 Å². The van der Waals surface area contributed by atoms with E-state index >= 15 is 0 Å². The van der Waals surface area contributed by atoms with E-state index in [1.807, 2.05) is 42.5 Å². The van der Waals surface area contributed by atoms with Gasteiger partial charge >= 0.3 is 0 Å². The molecule has 0 saturated carbocycles. The minimum atomic E-state index is -0.759. The standard InChI is InChI=1S/C15H13BrO2/c16-13-8-6-12(7-9-13)15(18)10-14(17)11-4-2-1-3-5-11/h1-9,15,18H,10H2/t15-/m1/s1. The molecule has 0 aliphatic carbocycles. The topological polar surface area (TPSA) is 37.3 Å². The molecule has 0 aromatic heterocycles. The van der Waals surface area contributed by atoms with Gasteiger partial charge in [-0.15, -0.1) is 0 Å². The second kappa shape index (κ2) is 5.94. The fraction of sp³-hybridized carbons (Fsp3) is 0.133. The van der Waals surface area contributed by atoms with E-state index in [0.29, 0.717) is 5.56 Å². The molecule has 0 bridgehead atoms. The van der Waals surface area contributed by atoms with Crippen molar-refractivity contribution in [1.29, 1.82) is 0 Å². The summed E-state index contributed by atoms with van der Waals surface area (Å²) < 4.78 is 0.952. The summed E-state index contributed by atoms with van der Waals surface area (Å²) in [7, 11) is 0. The van der Waals surface area contributed by atoms with E-state index < -0.39 is 6.10 Å². The van der Waals surface area contributed by atoms with Crippen molar-refractivity contribution >= 4 is 21.7 Å². The zero-order valence-corrected chi connectivity index (χ0v) is 11.3. The molecular weight excluding hydrogens is 292 g/mol. The Morgan fingerprint density at radius 2 is 1.67 bits per heavy atom. The summed E-state index contributed by atoms with van der Waals surface area (Å²) in [6, 6.07) is 16.4. The van der Waals surface area contributed by atoms with Gasteiger partial charge in [0, 0.05) is 16.5 Å². The van der Waals surface area contributed by atoms with Crippen molar-refractivity contribution in [3.8, 4) is 0 Å². The van der Waals surface area contributed by atoms with Crippen molar-refractivity contribution in [3.05, 3.63) is 70.2 Å². The zero-order valence-electron chi connectivity index (χ0n) is 9.71. The van der Waals surface area contributed by atoms with Gasteiger partial charge < -0.3 is 5.11 Å². The van der Waals surface area contributed by atoms with Crippen molar-refractivity contribution in [2.45, 2.75) is 12.5 Å². The van der Waals surface area contributed by atoms with Crippen molar-refractivity contribution in [2.75, 3.05) is 0 Å². The van der Waals surface area contributed by atoms with Crippen LogP contribution in [0.2, 0.25) is 0 Å². The molecule has 0 aliphatic rings. The largest absolute Gasteiger partial charge is 0.388 e. The number of aliphatic hydroxyl groups excluding tert-OH is 1. The molecule has 1 atom stereocenters. The van der Waals surface area contributed by atoms with Gasteiger partial charge in [-0.25, -0.2) is 0 Å². The van der Waals surface area contributed by atoms with Crippen molar-refractivity contribution in [2.24, 2.45) is 0 Å². The average Bonchev–Trinajstić information content (AvgIpc) is 2.40. The maximum atomic E-state index is 11.9. The highest BCUT2D eigenvalue weighted by atomic mass is 79.9. The van der Waals surface area contributed by atoms with E-state index in [4.69, 9.17) is 0 Å². The lowest BCUT2D eigenvalue weighted by atomic mass is 10.0. The van der Waals surface area contributed by atoms with Crippen LogP contribution in [0.15, 0.2) is 59.1 Å². The summed E-state index contributed by atoms with van der Waals surface area (Å²) in [5, 5.41) is 10.0. The molecule has 2 nitrogen and oxygen atoms in total. The number of carbonyl (C=O) groups excluding carboxylic acids is 1. The van der Waals surface area contributed by atoms with Gasteiger partial charge in [0.05, 0.1) is 6.10 Å². The molecular formula is C15H13BrO2. The minimum Gasteiger partial charge on any atom is -0.388 e. The highest BCUT2D eigenvalue weighted by molar-refractivity contribution is 9.10. The number of hydrogen-bond donors (Lipinski definition) is 1. The number of benzene rings is 2. The molecule has 0 spiro atoms. The Hall–Kier alpha value is -1.45. The van der Waals surface area contributed by atoms with Crippen LogP contribution in [0.4, 0.5) is 0 Å². The summed E-state index contributed by atoms with van der Waals surface area (Å²) in [6.07, 6.45) is -0.656. The average molecular weight is 305 g/mol. The summed E-state index contributed by atoms with van der Waals surface area (Å²) >= 11 is 3.33. The van der Waals surface area contributed by atoms with Crippen LogP contribution >= 0.6 is 15.9 Å².